The molecule has 0 unspecified atom stereocenters. The van der Waals surface area contributed by atoms with Gasteiger partial charge in [-0.05, 0) is 31.7 Å². The molecular formula is C20H35IN6O2. The molecule has 0 radical (unpaired) electrons. The lowest BCUT2D eigenvalue weighted by molar-refractivity contribution is -0.122. The van der Waals surface area contributed by atoms with Crippen molar-refractivity contribution in [1.82, 2.24) is 25.8 Å². The van der Waals surface area contributed by atoms with E-state index in [0.29, 0.717) is 31.6 Å². The molecule has 2 heterocycles. The Morgan fingerprint density at radius 1 is 1.31 bits per heavy atom. The number of hydrogen-bond donors (Lipinski definition) is 3. The first-order valence-corrected chi connectivity index (χ1v) is 10.2. The molecule has 1 fully saturated rings. The van der Waals surface area contributed by atoms with Crippen LogP contribution in [-0.2, 0) is 11.3 Å². The van der Waals surface area contributed by atoms with E-state index in [4.69, 9.17) is 4.74 Å². The van der Waals surface area contributed by atoms with Crippen LogP contribution in [0.25, 0.3) is 0 Å². The number of likely N-dealkylation sites (N-methyl/N-ethyl adjacent to an activating group) is 1. The highest BCUT2D eigenvalue weighted by molar-refractivity contribution is 14.0. The molecule has 0 spiro atoms. The van der Waals surface area contributed by atoms with E-state index < -0.39 is 0 Å². The second-order valence-electron chi connectivity index (χ2n) is 6.92. The van der Waals surface area contributed by atoms with E-state index in [-0.39, 0.29) is 29.9 Å². The summed E-state index contributed by atoms with van der Waals surface area (Å²) in [4.78, 5) is 22.7. The number of halogens is 1. The predicted molar refractivity (Wildman–Crippen MR) is 127 cm³/mol. The van der Waals surface area contributed by atoms with Crippen molar-refractivity contribution in [3.8, 4) is 5.88 Å². The summed E-state index contributed by atoms with van der Waals surface area (Å²) in [6.45, 7) is 8.48. The molecule has 1 saturated heterocycles. The number of likely N-dealkylation sites (tertiary alicyclic amines) is 1. The highest BCUT2D eigenvalue weighted by Crippen LogP contribution is 2.11. The Labute approximate surface area is 191 Å². The van der Waals surface area contributed by atoms with Crippen molar-refractivity contribution in [1.29, 1.82) is 0 Å². The average molecular weight is 518 g/mol. The lowest BCUT2D eigenvalue weighted by Crippen LogP contribution is -2.50. The number of rotatable bonds is 9. The number of nitrogens with zero attached hydrogens (tertiary/aromatic N) is 3. The molecule has 1 aliphatic heterocycles. The van der Waals surface area contributed by atoms with Crippen molar-refractivity contribution in [3.05, 3.63) is 23.9 Å². The minimum absolute atomic E-state index is 0. The first kappa shape index (κ1) is 25.4. The average Bonchev–Trinajstić information content (AvgIpc) is 2.72. The number of guanidine groups is 1. The summed E-state index contributed by atoms with van der Waals surface area (Å²) < 4.78 is 5.51. The maximum absolute atomic E-state index is 11.5. The van der Waals surface area contributed by atoms with E-state index in [2.05, 4.69) is 44.7 Å². The second kappa shape index (κ2) is 14.4. The minimum Gasteiger partial charge on any atom is -0.478 e. The normalized spacial score (nSPS) is 15.3. The van der Waals surface area contributed by atoms with Gasteiger partial charge in [-0.2, -0.15) is 0 Å². The van der Waals surface area contributed by atoms with Gasteiger partial charge in [-0.25, -0.2) is 9.98 Å². The summed E-state index contributed by atoms with van der Waals surface area (Å²) in [5, 5.41) is 9.51. The van der Waals surface area contributed by atoms with Crippen LogP contribution in [-0.4, -0.2) is 67.6 Å². The first-order valence-electron chi connectivity index (χ1n) is 10.2. The molecule has 29 heavy (non-hydrogen) atoms. The van der Waals surface area contributed by atoms with Crippen LogP contribution in [0.15, 0.2) is 23.3 Å². The van der Waals surface area contributed by atoms with E-state index in [0.717, 1.165) is 50.4 Å². The Morgan fingerprint density at radius 2 is 2.07 bits per heavy atom. The van der Waals surface area contributed by atoms with Crippen LogP contribution in [0, 0.1) is 0 Å². The Balaban J connectivity index is 0.00000420. The first-order chi connectivity index (χ1) is 13.6. The van der Waals surface area contributed by atoms with Gasteiger partial charge < -0.3 is 20.7 Å². The number of carbonyl (C=O) groups is 1. The topological polar surface area (TPSA) is 90.9 Å². The van der Waals surface area contributed by atoms with Crippen molar-refractivity contribution in [2.75, 3.05) is 39.8 Å². The lowest BCUT2D eigenvalue weighted by atomic mass is 10.1. The molecule has 0 atom stereocenters. The van der Waals surface area contributed by atoms with Crippen LogP contribution in [0.5, 0.6) is 5.88 Å². The minimum atomic E-state index is 0. The molecule has 2 rings (SSSR count). The number of nitrogens with one attached hydrogen (secondary N) is 3. The fraction of sp³-hybridized carbons (Fsp3) is 0.650. The maximum atomic E-state index is 11.5. The Hall–Kier alpha value is -1.62. The van der Waals surface area contributed by atoms with Gasteiger partial charge in [0.1, 0.15) is 0 Å². The van der Waals surface area contributed by atoms with Crippen LogP contribution in [0.2, 0.25) is 0 Å². The zero-order chi connectivity index (χ0) is 20.2. The SMILES string of the molecule is CCCOc1ccc(CN=C(NCC)NC2CCN(CC(=O)NC)CC2)cn1.I. The largest absolute Gasteiger partial charge is 0.478 e. The number of piperidine rings is 1. The third kappa shape index (κ3) is 9.62. The molecule has 1 amide bonds. The van der Waals surface area contributed by atoms with Crippen molar-refractivity contribution in [2.24, 2.45) is 4.99 Å². The summed E-state index contributed by atoms with van der Waals surface area (Å²) in [5.41, 5.74) is 1.04. The number of aliphatic imine (C=N–C) groups is 1. The maximum Gasteiger partial charge on any atom is 0.233 e. The van der Waals surface area contributed by atoms with Crippen LogP contribution in [0.4, 0.5) is 0 Å². The monoisotopic (exact) mass is 518 g/mol. The highest BCUT2D eigenvalue weighted by atomic mass is 127. The standard InChI is InChI=1S/C20H34N6O2.HI/c1-4-12-28-19-7-6-16(13-23-19)14-24-20(22-5-2)25-17-8-10-26(11-9-17)15-18(27)21-3;/h6-7,13,17H,4-5,8-12,14-15H2,1-3H3,(H,21,27)(H2,22,24,25);1H. The van der Waals surface area contributed by atoms with Crippen LogP contribution in [0.3, 0.4) is 0 Å². The summed E-state index contributed by atoms with van der Waals surface area (Å²) in [7, 11) is 1.68. The number of carbonyl (C=O) groups excluding carboxylic acids is 1. The zero-order valence-corrected chi connectivity index (χ0v) is 20.1. The lowest BCUT2D eigenvalue weighted by Gasteiger charge is -2.32. The van der Waals surface area contributed by atoms with Crippen LogP contribution < -0.4 is 20.7 Å². The summed E-state index contributed by atoms with van der Waals surface area (Å²) in [6.07, 6.45) is 4.77. The molecular weight excluding hydrogens is 483 g/mol. The molecule has 9 heteroatoms. The zero-order valence-electron chi connectivity index (χ0n) is 17.7. The van der Waals surface area contributed by atoms with E-state index in [1.807, 2.05) is 18.3 Å². The molecule has 1 aromatic heterocycles. The Kier molecular flexibility index (Phi) is 12.6. The van der Waals surface area contributed by atoms with Gasteiger partial charge in [0, 0.05) is 45.0 Å². The van der Waals surface area contributed by atoms with Crippen molar-refractivity contribution in [3.63, 3.8) is 0 Å². The van der Waals surface area contributed by atoms with Gasteiger partial charge in [-0.15, -0.1) is 24.0 Å². The second-order valence-corrected chi connectivity index (χ2v) is 6.92. The van der Waals surface area contributed by atoms with Crippen molar-refractivity contribution in [2.45, 2.75) is 45.7 Å². The molecule has 164 valence electrons. The highest BCUT2D eigenvalue weighted by Gasteiger charge is 2.21. The van der Waals surface area contributed by atoms with Gasteiger partial charge >= 0.3 is 0 Å². The van der Waals surface area contributed by atoms with E-state index >= 15 is 0 Å². The number of pyridine rings is 1. The number of ether oxygens (including phenoxy) is 1. The van der Waals surface area contributed by atoms with Gasteiger partial charge in [0.05, 0.1) is 19.7 Å². The Bertz CT molecular complexity index is 618. The van der Waals surface area contributed by atoms with Crippen LogP contribution >= 0.6 is 24.0 Å². The molecule has 0 saturated carbocycles. The van der Waals surface area contributed by atoms with Gasteiger partial charge in [0.2, 0.25) is 11.8 Å². The number of hydrogen-bond acceptors (Lipinski definition) is 5. The predicted octanol–water partition coefficient (Wildman–Crippen LogP) is 1.75. The fourth-order valence-corrected chi connectivity index (χ4v) is 3.00. The fourth-order valence-electron chi connectivity index (χ4n) is 3.00. The molecule has 1 aliphatic rings. The quantitative estimate of drug-likeness (QED) is 0.262. The smallest absolute Gasteiger partial charge is 0.233 e. The number of aromatic nitrogens is 1. The van der Waals surface area contributed by atoms with Gasteiger partial charge in [-0.3, -0.25) is 9.69 Å². The molecule has 0 bridgehead atoms. The van der Waals surface area contributed by atoms with Gasteiger partial charge in [-0.1, -0.05) is 13.0 Å². The molecule has 3 N–H and O–H groups in total. The summed E-state index contributed by atoms with van der Waals surface area (Å²) in [5.74, 6) is 1.54. The summed E-state index contributed by atoms with van der Waals surface area (Å²) in [6, 6.07) is 4.26. The summed E-state index contributed by atoms with van der Waals surface area (Å²) >= 11 is 0. The van der Waals surface area contributed by atoms with Gasteiger partial charge in [0.25, 0.3) is 0 Å². The van der Waals surface area contributed by atoms with Crippen LogP contribution in [0.1, 0.15) is 38.7 Å². The van der Waals surface area contributed by atoms with Crippen molar-refractivity contribution < 1.29 is 9.53 Å². The molecule has 0 aromatic carbocycles. The van der Waals surface area contributed by atoms with E-state index in [1.165, 1.54) is 0 Å². The Morgan fingerprint density at radius 3 is 2.66 bits per heavy atom. The van der Waals surface area contributed by atoms with E-state index in [9.17, 15) is 4.79 Å². The molecule has 0 aliphatic carbocycles. The van der Waals surface area contributed by atoms with Gasteiger partial charge in [0.15, 0.2) is 5.96 Å². The molecule has 1 aromatic rings. The van der Waals surface area contributed by atoms with E-state index in [1.54, 1.807) is 7.05 Å². The third-order valence-electron chi connectivity index (χ3n) is 4.59. The van der Waals surface area contributed by atoms with Crippen molar-refractivity contribution >= 4 is 35.8 Å². The molecule has 8 nitrogen and oxygen atoms in total. The third-order valence-corrected chi connectivity index (χ3v) is 4.59. The number of amides is 1.